The summed E-state index contributed by atoms with van der Waals surface area (Å²) in [5.74, 6) is -0.781. The first-order chi connectivity index (χ1) is 10.8. The predicted molar refractivity (Wildman–Crippen MR) is 77.4 cm³/mol. The molecule has 3 rings (SSSR count). The molecule has 2 amide bonds. The highest BCUT2D eigenvalue weighted by Crippen LogP contribution is 2.41. The van der Waals surface area contributed by atoms with Crippen molar-refractivity contribution in [3.63, 3.8) is 0 Å². The summed E-state index contributed by atoms with van der Waals surface area (Å²) in [6.45, 7) is 0.662. The summed E-state index contributed by atoms with van der Waals surface area (Å²) in [5, 5.41) is 0. The molecule has 3 aliphatic rings. The van der Waals surface area contributed by atoms with E-state index in [0.717, 1.165) is 30.6 Å². The summed E-state index contributed by atoms with van der Waals surface area (Å²) in [5.41, 5.74) is 0. The number of alkyl halides is 3. The van der Waals surface area contributed by atoms with E-state index in [-0.39, 0.29) is 31.0 Å². The van der Waals surface area contributed by atoms with Gasteiger partial charge in [-0.2, -0.15) is 13.2 Å². The molecule has 1 aliphatic carbocycles. The molecular weight excluding hydrogens is 309 g/mol. The maximum atomic E-state index is 12.8. The monoisotopic (exact) mass is 332 g/mol. The van der Waals surface area contributed by atoms with Crippen LogP contribution in [0.15, 0.2) is 0 Å². The number of fused-ring (bicyclic) bond motifs is 1. The summed E-state index contributed by atoms with van der Waals surface area (Å²) in [4.78, 5) is 27.3. The summed E-state index contributed by atoms with van der Waals surface area (Å²) in [6, 6.07) is 0.348. The van der Waals surface area contributed by atoms with Crippen molar-refractivity contribution in [1.29, 1.82) is 0 Å². The smallest absolute Gasteiger partial charge is 0.336 e. The normalized spacial score (nSPS) is 34.9. The molecule has 7 heteroatoms. The number of carbonyl (C=O) groups is 2. The number of amides is 2. The zero-order valence-corrected chi connectivity index (χ0v) is 13.3. The molecule has 0 bridgehead atoms. The number of hydrogen-bond donors (Lipinski definition) is 0. The van der Waals surface area contributed by atoms with E-state index in [1.807, 2.05) is 11.8 Å². The average molecular weight is 332 g/mol. The third-order valence-corrected chi connectivity index (χ3v) is 5.53. The lowest BCUT2D eigenvalue weighted by atomic mass is 9.84. The molecule has 0 radical (unpaired) electrons. The van der Waals surface area contributed by atoms with Crippen molar-refractivity contribution >= 4 is 11.8 Å². The second kappa shape index (κ2) is 5.98. The maximum absolute atomic E-state index is 12.8. The van der Waals surface area contributed by atoms with Gasteiger partial charge < -0.3 is 9.80 Å². The van der Waals surface area contributed by atoms with Crippen molar-refractivity contribution in [2.75, 3.05) is 13.1 Å². The fourth-order valence-electron chi connectivity index (χ4n) is 4.61. The molecule has 4 atom stereocenters. The third kappa shape index (κ3) is 3.33. The van der Waals surface area contributed by atoms with E-state index >= 15 is 0 Å². The van der Waals surface area contributed by atoms with E-state index < -0.39 is 24.5 Å². The maximum Gasteiger partial charge on any atom is 0.406 e. The van der Waals surface area contributed by atoms with Crippen molar-refractivity contribution in [1.82, 2.24) is 9.80 Å². The fraction of sp³-hybridized carbons (Fsp3) is 0.875. The Labute approximate surface area is 134 Å². The first-order valence-electron chi connectivity index (χ1n) is 8.43. The van der Waals surface area contributed by atoms with Crippen LogP contribution in [-0.4, -0.2) is 53.0 Å². The number of halogens is 3. The van der Waals surface area contributed by atoms with Crippen LogP contribution < -0.4 is 0 Å². The molecule has 1 saturated carbocycles. The molecule has 0 aromatic rings. The molecule has 23 heavy (non-hydrogen) atoms. The highest BCUT2D eigenvalue weighted by atomic mass is 19.4. The van der Waals surface area contributed by atoms with Gasteiger partial charge in [0, 0.05) is 25.0 Å². The lowest BCUT2D eigenvalue weighted by Gasteiger charge is -2.34. The molecule has 4 nitrogen and oxygen atoms in total. The Hall–Kier alpha value is -1.27. The predicted octanol–water partition coefficient (Wildman–Crippen LogP) is 2.58. The van der Waals surface area contributed by atoms with Gasteiger partial charge in [-0.25, -0.2) is 0 Å². The number of nitrogens with zero attached hydrogens (tertiary/aromatic N) is 2. The van der Waals surface area contributed by atoms with Gasteiger partial charge >= 0.3 is 6.18 Å². The van der Waals surface area contributed by atoms with Crippen molar-refractivity contribution in [2.24, 2.45) is 11.8 Å². The van der Waals surface area contributed by atoms with Crippen molar-refractivity contribution in [3.05, 3.63) is 0 Å². The zero-order chi connectivity index (χ0) is 16.8. The Balaban J connectivity index is 1.67. The standard InChI is InChI=1S/C16H23F3N2O2/c1-10-6-11-4-2-3-5-13(11)21(10)15(23)12-7-14(22)20(8-12)9-16(17,18)19/h10-13H,2-9H2,1H3/t10-,11+,12-,13+/m1/s1. The van der Waals surface area contributed by atoms with Gasteiger partial charge in [0.2, 0.25) is 11.8 Å². The number of carbonyl (C=O) groups excluding carboxylic acids is 2. The third-order valence-electron chi connectivity index (χ3n) is 5.53. The molecule has 130 valence electrons. The average Bonchev–Trinajstić information content (AvgIpc) is 2.96. The van der Waals surface area contributed by atoms with E-state index in [0.29, 0.717) is 5.92 Å². The molecular formula is C16H23F3N2O2. The Morgan fingerprint density at radius 3 is 2.65 bits per heavy atom. The number of rotatable bonds is 2. The highest BCUT2D eigenvalue weighted by Gasteiger charge is 2.47. The molecule has 2 aliphatic heterocycles. The molecule has 2 saturated heterocycles. The summed E-state index contributed by atoms with van der Waals surface area (Å²) >= 11 is 0. The molecule has 0 aromatic carbocycles. The Morgan fingerprint density at radius 2 is 1.96 bits per heavy atom. The molecule has 0 N–H and O–H groups in total. The highest BCUT2D eigenvalue weighted by molar-refractivity contribution is 5.89. The van der Waals surface area contributed by atoms with Gasteiger partial charge in [-0.3, -0.25) is 9.59 Å². The Morgan fingerprint density at radius 1 is 1.26 bits per heavy atom. The van der Waals surface area contributed by atoms with Crippen LogP contribution in [-0.2, 0) is 9.59 Å². The van der Waals surface area contributed by atoms with Gasteiger partial charge in [-0.1, -0.05) is 12.8 Å². The lowest BCUT2D eigenvalue weighted by molar-refractivity contribution is -0.157. The minimum absolute atomic E-state index is 0.0878. The molecule has 0 aromatic heterocycles. The van der Waals surface area contributed by atoms with Crippen LogP contribution in [0.4, 0.5) is 13.2 Å². The van der Waals surface area contributed by atoms with E-state index in [9.17, 15) is 22.8 Å². The summed E-state index contributed by atoms with van der Waals surface area (Å²) < 4.78 is 37.5. The molecule has 3 fully saturated rings. The second-order valence-corrected chi connectivity index (χ2v) is 7.23. The Bertz CT molecular complexity index is 494. The largest absolute Gasteiger partial charge is 0.406 e. The quantitative estimate of drug-likeness (QED) is 0.780. The Kier molecular flexibility index (Phi) is 4.31. The van der Waals surface area contributed by atoms with E-state index in [1.165, 1.54) is 6.42 Å². The SMILES string of the molecule is C[C@@H]1C[C@@H]2CCCC[C@@H]2N1C(=O)[C@@H]1CC(=O)N(CC(F)(F)F)C1. The topological polar surface area (TPSA) is 40.6 Å². The summed E-state index contributed by atoms with van der Waals surface area (Å²) in [7, 11) is 0. The van der Waals surface area contributed by atoms with Crippen LogP contribution >= 0.6 is 0 Å². The van der Waals surface area contributed by atoms with Crippen LogP contribution in [0.25, 0.3) is 0 Å². The molecule has 0 spiro atoms. The van der Waals surface area contributed by atoms with Crippen LogP contribution in [0, 0.1) is 11.8 Å². The van der Waals surface area contributed by atoms with Crippen molar-refractivity contribution in [3.8, 4) is 0 Å². The van der Waals surface area contributed by atoms with Gasteiger partial charge in [0.15, 0.2) is 0 Å². The minimum atomic E-state index is -4.41. The van der Waals surface area contributed by atoms with Crippen LogP contribution in [0.3, 0.4) is 0 Å². The van der Waals surface area contributed by atoms with Gasteiger partial charge in [0.1, 0.15) is 6.54 Å². The van der Waals surface area contributed by atoms with Crippen LogP contribution in [0.5, 0.6) is 0 Å². The minimum Gasteiger partial charge on any atom is -0.336 e. The zero-order valence-electron chi connectivity index (χ0n) is 13.3. The van der Waals surface area contributed by atoms with Gasteiger partial charge in [-0.15, -0.1) is 0 Å². The van der Waals surface area contributed by atoms with Crippen molar-refractivity contribution in [2.45, 2.75) is 63.7 Å². The van der Waals surface area contributed by atoms with Crippen molar-refractivity contribution < 1.29 is 22.8 Å². The molecule has 2 heterocycles. The summed E-state index contributed by atoms with van der Waals surface area (Å²) in [6.07, 6.45) is 0.872. The van der Waals surface area contributed by atoms with E-state index in [2.05, 4.69) is 0 Å². The number of likely N-dealkylation sites (tertiary alicyclic amines) is 2. The molecule has 0 unspecified atom stereocenters. The lowest BCUT2D eigenvalue weighted by Crippen LogP contribution is -2.46. The second-order valence-electron chi connectivity index (χ2n) is 7.23. The van der Waals surface area contributed by atoms with Gasteiger partial charge in [0.05, 0.1) is 5.92 Å². The van der Waals surface area contributed by atoms with Gasteiger partial charge in [-0.05, 0) is 32.1 Å². The first-order valence-corrected chi connectivity index (χ1v) is 8.43. The van der Waals surface area contributed by atoms with Crippen LogP contribution in [0.1, 0.15) is 45.4 Å². The van der Waals surface area contributed by atoms with Crippen LogP contribution in [0.2, 0.25) is 0 Å². The van der Waals surface area contributed by atoms with E-state index in [4.69, 9.17) is 0 Å². The fourth-order valence-corrected chi connectivity index (χ4v) is 4.61. The van der Waals surface area contributed by atoms with E-state index in [1.54, 1.807) is 0 Å². The number of hydrogen-bond acceptors (Lipinski definition) is 2. The van der Waals surface area contributed by atoms with Gasteiger partial charge in [0.25, 0.3) is 0 Å². The first kappa shape index (κ1) is 16.6.